The molecule has 4 aromatic rings. The van der Waals surface area contributed by atoms with Gasteiger partial charge in [-0.1, -0.05) is 24.3 Å². The average Bonchev–Trinajstić information content (AvgIpc) is 3.80. The monoisotopic (exact) mass is 748 g/mol. The summed E-state index contributed by atoms with van der Waals surface area (Å²) >= 11 is 0. The zero-order valence-electron chi connectivity index (χ0n) is 29.2. The summed E-state index contributed by atoms with van der Waals surface area (Å²) in [6.07, 6.45) is 1.63. The number of nitrogens with zero attached hydrogens (tertiary/aromatic N) is 4. The first kappa shape index (κ1) is 38.8. The lowest BCUT2D eigenvalue weighted by Gasteiger charge is -2.09. The zero-order chi connectivity index (χ0) is 38.5. The number of rotatable bonds is 13. The maximum Gasteiger partial charge on any atom is 0.422 e. The molecule has 2 amide bonds. The van der Waals surface area contributed by atoms with Crippen molar-refractivity contribution in [2.45, 2.75) is 43.9 Å². The van der Waals surface area contributed by atoms with Gasteiger partial charge in [-0.2, -0.15) is 13.2 Å². The minimum Gasteiger partial charge on any atom is -0.480 e. The normalized spacial score (nSPS) is 16.1. The van der Waals surface area contributed by atoms with Crippen molar-refractivity contribution in [2.75, 3.05) is 37.6 Å². The third-order valence-corrected chi connectivity index (χ3v) is 8.01. The number of benzene rings is 2. The lowest BCUT2D eigenvalue weighted by molar-refractivity contribution is -0.154. The number of aryl methyl sites for hydroxylation is 2. The van der Waals surface area contributed by atoms with E-state index < -0.39 is 18.7 Å². The standard InChI is InChI=1S/C19H19F3N4O3.C18H20N4O3/c20-19(21,22)11-29-16-8-4-13(9-24-16)17(27)25-14-5-1-12(2-6-14)3-7-15-10-28-18(23)26-15;1-24-17-15(3-2-10-20-17)16(23)21-13-7-4-12(5-8-13)6-9-14-11-25-18(19)22-14/h1-2,4-6,8-9,15H,3,7,10-11H2,(H2,23,26)(H,25,27);2-5,7-8,10,14H,6,9,11H2,1H3,(H2,19,22)(H,21,23)/t15-;14-/m00/s1. The van der Waals surface area contributed by atoms with E-state index in [-0.39, 0.29) is 41.5 Å². The molecule has 6 rings (SSSR count). The van der Waals surface area contributed by atoms with Crippen LogP contribution in [0.5, 0.6) is 11.8 Å². The van der Waals surface area contributed by atoms with Crippen LogP contribution < -0.4 is 31.6 Å². The molecule has 14 nitrogen and oxygen atoms in total. The molecule has 2 aromatic heterocycles. The number of halogens is 3. The summed E-state index contributed by atoms with van der Waals surface area (Å²) in [6.45, 7) is -0.396. The maximum absolute atomic E-state index is 12.3. The molecule has 0 radical (unpaired) electrons. The molecule has 4 heterocycles. The number of hydrogen-bond acceptors (Lipinski definition) is 12. The zero-order valence-corrected chi connectivity index (χ0v) is 29.2. The van der Waals surface area contributed by atoms with Crippen molar-refractivity contribution in [2.24, 2.45) is 21.5 Å². The molecule has 0 spiro atoms. The van der Waals surface area contributed by atoms with E-state index in [9.17, 15) is 22.8 Å². The Labute approximate surface area is 308 Å². The van der Waals surface area contributed by atoms with Crippen LogP contribution >= 0.6 is 0 Å². The Bertz CT molecular complexity index is 1920. The third kappa shape index (κ3) is 12.1. The van der Waals surface area contributed by atoms with E-state index in [1.807, 2.05) is 36.4 Å². The Kier molecular flexibility index (Phi) is 13.2. The van der Waals surface area contributed by atoms with Gasteiger partial charge in [-0.25, -0.2) is 20.0 Å². The Hall–Kier alpha value is -6.39. The summed E-state index contributed by atoms with van der Waals surface area (Å²) in [5.41, 5.74) is 15.1. The maximum atomic E-state index is 12.3. The number of anilines is 2. The molecule has 17 heteroatoms. The molecule has 6 N–H and O–H groups in total. The summed E-state index contributed by atoms with van der Waals surface area (Å²) in [6, 6.07) is 21.6. The second-order valence-corrected chi connectivity index (χ2v) is 12.1. The van der Waals surface area contributed by atoms with Crippen molar-refractivity contribution < 1.29 is 41.7 Å². The number of carbonyl (C=O) groups is 2. The Morgan fingerprint density at radius 2 is 1.35 bits per heavy atom. The largest absolute Gasteiger partial charge is 0.480 e. The number of hydrogen-bond donors (Lipinski definition) is 4. The predicted molar refractivity (Wildman–Crippen MR) is 195 cm³/mol. The summed E-state index contributed by atoms with van der Waals surface area (Å²) in [5.74, 6) is -0.594. The second kappa shape index (κ2) is 18.4. The highest BCUT2D eigenvalue weighted by molar-refractivity contribution is 6.06. The van der Waals surface area contributed by atoms with Gasteiger partial charge in [0.1, 0.15) is 18.8 Å². The SMILES string of the molecule is COc1ncccc1C(=O)Nc1ccc(CC[C@H]2COC(N)=N2)cc1.NC1=N[C@@H](CCc2ccc(NC(=O)c3ccc(OCC(F)(F)F)nc3)cc2)CO1. The van der Waals surface area contributed by atoms with E-state index in [2.05, 4.69) is 35.3 Å². The number of amides is 2. The highest BCUT2D eigenvalue weighted by atomic mass is 19.4. The van der Waals surface area contributed by atoms with E-state index >= 15 is 0 Å². The molecule has 2 atom stereocenters. The lowest BCUT2D eigenvalue weighted by atomic mass is 10.1. The number of pyridine rings is 2. The van der Waals surface area contributed by atoms with Crippen LogP contribution in [0.4, 0.5) is 24.5 Å². The van der Waals surface area contributed by atoms with Crippen LogP contribution in [-0.4, -0.2) is 79.0 Å². The van der Waals surface area contributed by atoms with Gasteiger partial charge in [-0.15, -0.1) is 0 Å². The summed E-state index contributed by atoms with van der Waals surface area (Å²) < 4.78 is 56.3. The van der Waals surface area contributed by atoms with Crippen LogP contribution in [0.15, 0.2) is 95.2 Å². The molecule has 0 aliphatic carbocycles. The smallest absolute Gasteiger partial charge is 0.422 e. The molecule has 0 saturated carbocycles. The van der Waals surface area contributed by atoms with Gasteiger partial charge in [0.2, 0.25) is 11.8 Å². The molecular formula is C37H39F3N8O6. The van der Waals surface area contributed by atoms with Gasteiger partial charge in [0.05, 0.1) is 24.8 Å². The second-order valence-electron chi connectivity index (χ2n) is 12.1. The molecule has 0 bridgehead atoms. The number of carbonyl (C=O) groups excluding carboxylic acids is 2. The van der Waals surface area contributed by atoms with Gasteiger partial charge in [0, 0.05) is 29.8 Å². The number of nitrogens with one attached hydrogen (secondary N) is 2. The molecule has 284 valence electrons. The number of aromatic nitrogens is 2. The topological polar surface area (TPSA) is 198 Å². The summed E-state index contributed by atoms with van der Waals surface area (Å²) in [4.78, 5) is 40.7. The Balaban J connectivity index is 0.000000210. The fourth-order valence-electron chi connectivity index (χ4n) is 5.23. The first-order chi connectivity index (χ1) is 25.9. The van der Waals surface area contributed by atoms with Crippen LogP contribution in [0.1, 0.15) is 44.7 Å². The van der Waals surface area contributed by atoms with Crippen molar-refractivity contribution >= 4 is 35.2 Å². The van der Waals surface area contributed by atoms with Crippen molar-refractivity contribution in [3.8, 4) is 11.8 Å². The molecule has 0 unspecified atom stereocenters. The van der Waals surface area contributed by atoms with E-state index in [0.29, 0.717) is 36.0 Å². The molecule has 2 aliphatic heterocycles. The first-order valence-corrected chi connectivity index (χ1v) is 16.8. The van der Waals surface area contributed by atoms with Crippen LogP contribution in [-0.2, 0) is 22.3 Å². The lowest BCUT2D eigenvalue weighted by Crippen LogP contribution is -2.19. The van der Waals surface area contributed by atoms with Gasteiger partial charge < -0.3 is 41.0 Å². The summed E-state index contributed by atoms with van der Waals surface area (Å²) in [7, 11) is 1.49. The van der Waals surface area contributed by atoms with Crippen LogP contribution in [0, 0.1) is 0 Å². The van der Waals surface area contributed by atoms with Crippen molar-refractivity contribution in [3.63, 3.8) is 0 Å². The minimum atomic E-state index is -4.45. The number of alkyl halides is 3. The average molecular weight is 749 g/mol. The van der Waals surface area contributed by atoms with Crippen LogP contribution in [0.25, 0.3) is 0 Å². The van der Waals surface area contributed by atoms with Crippen molar-refractivity contribution in [1.29, 1.82) is 0 Å². The molecule has 54 heavy (non-hydrogen) atoms. The van der Waals surface area contributed by atoms with Gasteiger partial charge in [0.25, 0.3) is 23.9 Å². The Morgan fingerprint density at radius 1 is 0.796 bits per heavy atom. The Morgan fingerprint density at radius 3 is 1.81 bits per heavy atom. The van der Waals surface area contributed by atoms with Gasteiger partial charge in [-0.05, 0) is 79.3 Å². The quantitative estimate of drug-likeness (QED) is 0.146. The molecular weight excluding hydrogens is 709 g/mol. The fourth-order valence-corrected chi connectivity index (χ4v) is 5.23. The highest BCUT2D eigenvalue weighted by Gasteiger charge is 2.28. The molecule has 2 aromatic carbocycles. The number of aliphatic imine (C=N–C) groups is 2. The molecule has 0 saturated heterocycles. The summed E-state index contributed by atoms with van der Waals surface area (Å²) in [5, 5.41) is 5.55. The van der Waals surface area contributed by atoms with Gasteiger partial charge in [-0.3, -0.25) is 9.59 Å². The van der Waals surface area contributed by atoms with Crippen molar-refractivity contribution in [1.82, 2.24) is 9.97 Å². The van der Waals surface area contributed by atoms with Gasteiger partial charge >= 0.3 is 6.18 Å². The number of nitrogens with two attached hydrogens (primary N) is 2. The number of methoxy groups -OCH3 is 1. The van der Waals surface area contributed by atoms with Gasteiger partial charge in [0.15, 0.2) is 6.61 Å². The third-order valence-electron chi connectivity index (χ3n) is 8.01. The van der Waals surface area contributed by atoms with Crippen LogP contribution in [0.2, 0.25) is 0 Å². The van der Waals surface area contributed by atoms with Crippen LogP contribution in [0.3, 0.4) is 0 Å². The van der Waals surface area contributed by atoms with E-state index in [0.717, 1.165) is 43.0 Å². The molecule has 2 aliphatic rings. The predicted octanol–water partition coefficient (Wildman–Crippen LogP) is 4.91. The van der Waals surface area contributed by atoms with E-state index in [1.165, 1.54) is 19.2 Å². The fraction of sp³-hybridized carbons (Fsp3) is 0.297. The van der Waals surface area contributed by atoms with Crippen molar-refractivity contribution in [3.05, 3.63) is 107 Å². The van der Waals surface area contributed by atoms with E-state index in [1.54, 1.807) is 30.5 Å². The minimum absolute atomic E-state index is 0.0602. The van der Waals surface area contributed by atoms with E-state index in [4.69, 9.17) is 25.7 Å². The highest BCUT2D eigenvalue weighted by Crippen LogP contribution is 2.20. The number of amidine groups is 2. The molecule has 0 fully saturated rings. The number of ether oxygens (including phenoxy) is 4. The first-order valence-electron chi connectivity index (χ1n) is 16.8.